The van der Waals surface area contributed by atoms with Crippen molar-refractivity contribution in [3.63, 3.8) is 0 Å². The number of halogens is 1. The fourth-order valence-electron chi connectivity index (χ4n) is 2.49. The Kier molecular flexibility index (Phi) is 7.03. The Bertz CT molecular complexity index is 995. The highest BCUT2D eigenvalue weighted by atomic mass is 35.5. The molecule has 1 heterocycles. The number of amides is 3. The molecule has 6 nitrogen and oxygen atoms in total. The quantitative estimate of drug-likeness (QED) is 0.419. The van der Waals surface area contributed by atoms with Gasteiger partial charge in [0.15, 0.2) is 0 Å². The average Bonchev–Trinajstić information content (AvgIpc) is 2.99. The number of thioether (sulfide) groups is 1. The molecule has 2 N–H and O–H groups in total. The normalized spacial score (nSPS) is 14.9. The van der Waals surface area contributed by atoms with E-state index in [4.69, 9.17) is 23.8 Å². The van der Waals surface area contributed by atoms with Crippen LogP contribution in [0.25, 0.3) is 6.08 Å². The summed E-state index contributed by atoms with van der Waals surface area (Å²) in [7, 11) is 0. The van der Waals surface area contributed by atoms with Crippen molar-refractivity contribution in [1.29, 1.82) is 0 Å². The van der Waals surface area contributed by atoms with Gasteiger partial charge in [0, 0.05) is 23.6 Å². The lowest BCUT2D eigenvalue weighted by Gasteiger charge is -2.14. The molecule has 3 amide bonds. The van der Waals surface area contributed by atoms with Gasteiger partial charge in [0.1, 0.15) is 4.32 Å². The Morgan fingerprint density at radius 3 is 2.48 bits per heavy atom. The van der Waals surface area contributed by atoms with E-state index in [2.05, 4.69) is 10.9 Å². The van der Waals surface area contributed by atoms with Crippen molar-refractivity contribution < 1.29 is 14.4 Å². The van der Waals surface area contributed by atoms with E-state index in [9.17, 15) is 14.4 Å². The molecular formula is C20H16ClN3O3S2. The van der Waals surface area contributed by atoms with Gasteiger partial charge < -0.3 is 0 Å². The van der Waals surface area contributed by atoms with Gasteiger partial charge in [-0.3, -0.25) is 30.1 Å². The smallest absolute Gasteiger partial charge is 0.269 e. The summed E-state index contributed by atoms with van der Waals surface area (Å²) in [6, 6.07) is 15.7. The largest absolute Gasteiger partial charge is 0.292 e. The molecule has 1 aliphatic heterocycles. The predicted molar refractivity (Wildman–Crippen MR) is 118 cm³/mol. The predicted octanol–water partition coefficient (Wildman–Crippen LogP) is 3.39. The Morgan fingerprint density at radius 1 is 1.07 bits per heavy atom. The molecule has 9 heteroatoms. The molecule has 1 aliphatic rings. The summed E-state index contributed by atoms with van der Waals surface area (Å²) in [5.41, 5.74) is 5.82. The minimum atomic E-state index is -0.432. The highest BCUT2D eigenvalue weighted by Gasteiger charge is 2.32. The summed E-state index contributed by atoms with van der Waals surface area (Å²) >= 11 is 12.6. The number of thiocarbonyl (C=S) groups is 1. The zero-order valence-corrected chi connectivity index (χ0v) is 17.4. The number of rotatable bonds is 5. The highest BCUT2D eigenvalue weighted by Crippen LogP contribution is 2.33. The molecular weight excluding hydrogens is 430 g/mol. The third-order valence-electron chi connectivity index (χ3n) is 3.98. The summed E-state index contributed by atoms with van der Waals surface area (Å²) in [4.78, 5) is 38.4. The van der Waals surface area contributed by atoms with E-state index in [1.165, 1.54) is 4.90 Å². The molecule has 1 saturated heterocycles. The Labute approximate surface area is 182 Å². The molecule has 0 spiro atoms. The summed E-state index contributed by atoms with van der Waals surface area (Å²) < 4.78 is 0.370. The van der Waals surface area contributed by atoms with E-state index >= 15 is 0 Å². The lowest BCUT2D eigenvalue weighted by atomic mass is 10.2. The highest BCUT2D eigenvalue weighted by molar-refractivity contribution is 8.26. The van der Waals surface area contributed by atoms with Crippen LogP contribution in [0.1, 0.15) is 22.3 Å². The SMILES string of the molecule is O=C(CCN1C(=O)/C(=C/c2ccccc2Cl)SC1=S)NNC(=O)c1ccccc1. The number of benzene rings is 2. The van der Waals surface area contributed by atoms with Gasteiger partial charge in [0.2, 0.25) is 5.91 Å². The standard InChI is InChI=1S/C20H16ClN3O3S2/c21-15-9-5-4-8-14(15)12-16-19(27)24(20(28)29-16)11-10-17(25)22-23-18(26)13-6-2-1-3-7-13/h1-9,12H,10-11H2,(H,22,25)(H,23,26)/b16-12-. The fourth-order valence-corrected chi connectivity index (χ4v) is 3.98. The first kappa shape index (κ1) is 21.0. The van der Waals surface area contributed by atoms with Crippen LogP contribution >= 0.6 is 35.6 Å². The lowest BCUT2D eigenvalue weighted by Crippen LogP contribution is -2.43. The van der Waals surface area contributed by atoms with E-state index in [1.807, 2.05) is 6.07 Å². The van der Waals surface area contributed by atoms with Crippen molar-refractivity contribution in [3.8, 4) is 0 Å². The molecule has 0 aliphatic carbocycles. The number of nitrogens with one attached hydrogen (secondary N) is 2. The van der Waals surface area contributed by atoms with Crippen LogP contribution in [0.15, 0.2) is 59.5 Å². The van der Waals surface area contributed by atoms with Crippen LogP contribution < -0.4 is 10.9 Å². The maximum atomic E-state index is 12.6. The number of hydrogen-bond acceptors (Lipinski definition) is 5. The van der Waals surface area contributed by atoms with Gasteiger partial charge in [-0.2, -0.15) is 0 Å². The molecule has 0 bridgehead atoms. The molecule has 0 radical (unpaired) electrons. The molecule has 0 saturated carbocycles. The van der Waals surface area contributed by atoms with Gasteiger partial charge in [-0.1, -0.05) is 72.0 Å². The van der Waals surface area contributed by atoms with E-state index in [-0.39, 0.29) is 18.9 Å². The zero-order chi connectivity index (χ0) is 20.8. The van der Waals surface area contributed by atoms with Crippen LogP contribution in [-0.2, 0) is 9.59 Å². The molecule has 3 rings (SSSR count). The first-order valence-corrected chi connectivity index (χ1v) is 10.2. The van der Waals surface area contributed by atoms with Crippen LogP contribution in [-0.4, -0.2) is 33.5 Å². The maximum absolute atomic E-state index is 12.6. The molecule has 0 atom stereocenters. The van der Waals surface area contributed by atoms with Gasteiger partial charge in [-0.05, 0) is 29.8 Å². The zero-order valence-electron chi connectivity index (χ0n) is 15.1. The molecule has 0 unspecified atom stereocenters. The van der Waals surface area contributed by atoms with Crippen LogP contribution in [0, 0.1) is 0 Å². The minimum Gasteiger partial charge on any atom is -0.292 e. The van der Waals surface area contributed by atoms with Gasteiger partial charge in [-0.25, -0.2) is 0 Å². The summed E-state index contributed by atoms with van der Waals surface area (Å²) in [6.45, 7) is 0.109. The van der Waals surface area contributed by atoms with Crippen molar-refractivity contribution in [2.24, 2.45) is 0 Å². The number of carbonyl (C=O) groups excluding carboxylic acids is 3. The third kappa shape index (κ3) is 5.44. The Morgan fingerprint density at radius 2 is 1.76 bits per heavy atom. The van der Waals surface area contributed by atoms with E-state index in [1.54, 1.807) is 54.6 Å². The first-order chi connectivity index (χ1) is 14.0. The Hall–Kier alpha value is -2.68. The molecule has 29 heavy (non-hydrogen) atoms. The number of nitrogens with zero attached hydrogens (tertiary/aromatic N) is 1. The number of carbonyl (C=O) groups is 3. The lowest BCUT2D eigenvalue weighted by molar-refractivity contribution is -0.124. The van der Waals surface area contributed by atoms with Gasteiger partial charge in [0.05, 0.1) is 4.91 Å². The van der Waals surface area contributed by atoms with Gasteiger partial charge in [-0.15, -0.1) is 0 Å². The van der Waals surface area contributed by atoms with E-state index in [0.717, 1.165) is 17.3 Å². The van der Waals surface area contributed by atoms with Crippen LogP contribution in [0.4, 0.5) is 0 Å². The Balaban J connectivity index is 1.53. The molecule has 0 aromatic heterocycles. The molecule has 148 valence electrons. The number of hydrazine groups is 1. The van der Waals surface area contributed by atoms with Crippen LogP contribution in [0.3, 0.4) is 0 Å². The topological polar surface area (TPSA) is 78.5 Å². The fraction of sp³-hybridized carbons (Fsp3) is 0.100. The van der Waals surface area contributed by atoms with Crippen molar-refractivity contribution >= 4 is 63.7 Å². The monoisotopic (exact) mass is 445 g/mol. The summed E-state index contributed by atoms with van der Waals surface area (Å²) in [5.74, 6) is -1.13. The molecule has 2 aromatic carbocycles. The second kappa shape index (κ2) is 9.69. The van der Waals surface area contributed by atoms with Crippen molar-refractivity contribution in [2.45, 2.75) is 6.42 Å². The first-order valence-electron chi connectivity index (χ1n) is 8.60. The van der Waals surface area contributed by atoms with E-state index in [0.29, 0.717) is 19.8 Å². The average molecular weight is 446 g/mol. The van der Waals surface area contributed by atoms with Crippen LogP contribution in [0.5, 0.6) is 0 Å². The minimum absolute atomic E-state index is 0.0130. The number of hydrogen-bond donors (Lipinski definition) is 2. The van der Waals surface area contributed by atoms with Crippen molar-refractivity contribution in [2.75, 3.05) is 6.54 Å². The second-order valence-corrected chi connectivity index (χ2v) is 8.06. The van der Waals surface area contributed by atoms with Crippen molar-refractivity contribution in [1.82, 2.24) is 15.8 Å². The third-order valence-corrected chi connectivity index (χ3v) is 5.70. The van der Waals surface area contributed by atoms with Gasteiger partial charge in [0.25, 0.3) is 11.8 Å². The molecule has 2 aromatic rings. The molecule has 1 fully saturated rings. The van der Waals surface area contributed by atoms with Gasteiger partial charge >= 0.3 is 0 Å². The van der Waals surface area contributed by atoms with Crippen LogP contribution in [0.2, 0.25) is 5.02 Å². The van der Waals surface area contributed by atoms with Crippen molar-refractivity contribution in [3.05, 3.63) is 75.7 Å². The van der Waals surface area contributed by atoms with E-state index < -0.39 is 11.8 Å². The summed E-state index contributed by atoms with van der Waals surface area (Å²) in [6.07, 6.45) is 1.67. The summed E-state index contributed by atoms with van der Waals surface area (Å²) in [5, 5.41) is 0.534. The maximum Gasteiger partial charge on any atom is 0.269 e. The second-order valence-electron chi connectivity index (χ2n) is 5.97.